The molecule has 3 aromatic rings. The number of nitrogens with one attached hydrogen (secondary N) is 1. The second-order valence-electron chi connectivity index (χ2n) is 8.66. The number of nitrogens with zero attached hydrogens (tertiary/aromatic N) is 5. The number of para-hydroxylation sites is 1. The Labute approximate surface area is 238 Å². The molecule has 1 fully saturated rings. The summed E-state index contributed by atoms with van der Waals surface area (Å²) in [7, 11) is 0. The van der Waals surface area contributed by atoms with E-state index in [1.54, 1.807) is 24.3 Å². The van der Waals surface area contributed by atoms with Crippen molar-refractivity contribution in [1.29, 1.82) is 0 Å². The number of hydrogen-bond acceptors (Lipinski definition) is 6. The van der Waals surface area contributed by atoms with Crippen molar-refractivity contribution in [2.75, 3.05) is 17.2 Å². The number of aliphatic imine (C=N–C) groups is 1. The van der Waals surface area contributed by atoms with Crippen LogP contribution < -0.4 is 15.0 Å². The zero-order chi connectivity index (χ0) is 29.6. The molecule has 2 aromatic carbocycles. The molecule has 9 nitrogen and oxygen atoms in total. The number of alkyl halides is 3. The van der Waals surface area contributed by atoms with Crippen LogP contribution in [0.2, 0.25) is 0 Å². The van der Waals surface area contributed by atoms with E-state index in [2.05, 4.69) is 31.7 Å². The molecule has 4 rings (SSSR count). The summed E-state index contributed by atoms with van der Waals surface area (Å²) in [6.45, 7) is 7.81. The Bertz CT molecular complexity index is 1540. The average molecular weight is 583 g/mol. The van der Waals surface area contributed by atoms with Crippen LogP contribution in [0.15, 0.2) is 90.2 Å². The number of thioether (sulfide) groups is 1. The first kappa shape index (κ1) is 29.3. The molecule has 3 amide bonds. The van der Waals surface area contributed by atoms with Gasteiger partial charge in [-0.15, -0.1) is 18.3 Å². The summed E-state index contributed by atoms with van der Waals surface area (Å²) in [5.74, 6) is -0.0315. The van der Waals surface area contributed by atoms with Gasteiger partial charge < -0.3 is 10.1 Å². The van der Waals surface area contributed by atoms with Crippen molar-refractivity contribution in [2.24, 2.45) is 4.99 Å². The maximum atomic E-state index is 12.7. The van der Waals surface area contributed by atoms with E-state index in [1.807, 2.05) is 32.0 Å². The van der Waals surface area contributed by atoms with Crippen molar-refractivity contribution in [3.05, 3.63) is 96.6 Å². The molecule has 1 saturated heterocycles. The molecule has 0 radical (unpaired) electrons. The molecule has 0 aliphatic carbocycles. The lowest BCUT2D eigenvalue weighted by Crippen LogP contribution is -2.32. The predicted molar refractivity (Wildman–Crippen MR) is 152 cm³/mol. The third-order valence-corrected chi connectivity index (χ3v) is 6.54. The smallest absolute Gasteiger partial charge is 0.406 e. The van der Waals surface area contributed by atoms with Crippen molar-refractivity contribution < 1.29 is 27.5 Å². The highest BCUT2D eigenvalue weighted by Gasteiger charge is 2.32. The van der Waals surface area contributed by atoms with Gasteiger partial charge in [-0.3, -0.25) is 9.69 Å². The summed E-state index contributed by atoms with van der Waals surface area (Å²) in [6.07, 6.45) is 1.89. The van der Waals surface area contributed by atoms with E-state index < -0.39 is 12.4 Å². The van der Waals surface area contributed by atoms with Crippen molar-refractivity contribution >= 4 is 40.1 Å². The Morgan fingerprint density at radius 3 is 2.63 bits per heavy atom. The number of anilines is 1. The van der Waals surface area contributed by atoms with E-state index in [-0.39, 0.29) is 29.8 Å². The number of amides is 3. The molecule has 1 aromatic heterocycles. The topological polar surface area (TPSA) is 102 Å². The largest absolute Gasteiger partial charge is 0.573 e. The van der Waals surface area contributed by atoms with Gasteiger partial charge >= 0.3 is 12.4 Å². The number of aryl methyl sites for hydroxylation is 1. The fourth-order valence-corrected chi connectivity index (χ4v) is 4.65. The molecule has 2 heterocycles. The molecule has 1 aliphatic rings. The number of urea groups is 1. The van der Waals surface area contributed by atoms with Gasteiger partial charge in [-0.25, -0.2) is 14.5 Å². The number of amidine groups is 1. The van der Waals surface area contributed by atoms with Crippen LogP contribution in [0, 0.1) is 6.92 Å². The molecule has 0 bridgehead atoms. The van der Waals surface area contributed by atoms with Gasteiger partial charge in [-0.2, -0.15) is 4.99 Å². The van der Waals surface area contributed by atoms with Crippen molar-refractivity contribution in [2.45, 2.75) is 20.2 Å². The normalized spacial score (nSPS) is 15.1. The van der Waals surface area contributed by atoms with E-state index in [0.717, 1.165) is 5.56 Å². The van der Waals surface area contributed by atoms with Gasteiger partial charge in [0.15, 0.2) is 11.0 Å². The molecular weight excluding hydrogens is 557 g/mol. The number of halogens is 3. The van der Waals surface area contributed by atoms with Gasteiger partial charge in [0.05, 0.1) is 17.1 Å². The zero-order valence-electron chi connectivity index (χ0n) is 22.1. The van der Waals surface area contributed by atoms with Gasteiger partial charge in [0.25, 0.3) is 0 Å². The molecule has 212 valence electrons. The minimum atomic E-state index is -4.78. The summed E-state index contributed by atoms with van der Waals surface area (Å²) >= 11 is 1.19. The number of rotatable bonds is 8. The highest BCUT2D eigenvalue weighted by molar-refractivity contribution is 8.15. The second kappa shape index (κ2) is 12.7. The van der Waals surface area contributed by atoms with Gasteiger partial charge in [0.1, 0.15) is 12.1 Å². The summed E-state index contributed by atoms with van der Waals surface area (Å²) < 4.78 is 42.5. The van der Waals surface area contributed by atoms with Gasteiger partial charge in [-0.05, 0) is 61.4 Å². The summed E-state index contributed by atoms with van der Waals surface area (Å²) in [5.41, 5.74) is 3.16. The maximum Gasteiger partial charge on any atom is 0.573 e. The highest BCUT2D eigenvalue weighted by Crippen LogP contribution is 2.29. The third kappa shape index (κ3) is 7.72. The fourth-order valence-electron chi connectivity index (χ4n) is 3.80. The monoisotopic (exact) mass is 582 g/mol. The third-order valence-electron chi connectivity index (χ3n) is 5.62. The van der Waals surface area contributed by atoms with Crippen LogP contribution in [0.25, 0.3) is 11.3 Å². The fraction of sp³-hybridized carbons (Fsp3) is 0.179. The molecule has 0 spiro atoms. The summed E-state index contributed by atoms with van der Waals surface area (Å²) in [4.78, 5) is 34.9. The van der Waals surface area contributed by atoms with Crippen LogP contribution in [0.5, 0.6) is 5.75 Å². The minimum Gasteiger partial charge on any atom is -0.406 e. The second-order valence-corrected chi connectivity index (χ2v) is 9.60. The summed E-state index contributed by atoms with van der Waals surface area (Å²) in [5, 5.41) is 7.37. The van der Waals surface area contributed by atoms with E-state index in [0.29, 0.717) is 27.7 Å². The first-order chi connectivity index (χ1) is 19.5. The molecule has 0 saturated carbocycles. The molecule has 0 atom stereocenters. The number of allylic oxidation sites excluding steroid dienone is 3. The van der Waals surface area contributed by atoms with Crippen LogP contribution >= 0.6 is 11.8 Å². The Kier molecular flexibility index (Phi) is 9.07. The molecule has 41 heavy (non-hydrogen) atoms. The molecule has 1 N–H and O–H groups in total. The Morgan fingerprint density at radius 1 is 1.22 bits per heavy atom. The van der Waals surface area contributed by atoms with E-state index in [1.165, 1.54) is 51.9 Å². The van der Waals surface area contributed by atoms with Gasteiger partial charge in [-0.1, -0.05) is 48.7 Å². The minimum absolute atomic E-state index is 0.114. The standard InChI is InChI=1S/C28H25F3N6O3S/c1-4-7-20(15-32-26(39)34-27-37(24(38)16-41-27)23-9-6-5-8-18(23)2)14-19(3)25-33-17-36(35-25)21-10-12-22(13-11-21)40-28(29,30)31/h4-14,17H,3,15-16H2,1-2H3,(H,32,39)/b7-4-,20-14+,34-27?. The number of carbonyl (C=O) groups excluding carboxylic acids is 2. The number of carbonyl (C=O) groups is 2. The quantitative estimate of drug-likeness (QED) is 0.335. The molecule has 13 heteroatoms. The zero-order valence-corrected chi connectivity index (χ0v) is 22.9. The number of ether oxygens (including phenoxy) is 1. The average Bonchev–Trinajstić information content (AvgIpc) is 3.55. The van der Waals surface area contributed by atoms with Crippen LogP contribution in [-0.2, 0) is 4.79 Å². The van der Waals surface area contributed by atoms with Gasteiger partial charge in [0.2, 0.25) is 5.91 Å². The Hall–Kier alpha value is -4.65. The number of hydrogen-bond donors (Lipinski definition) is 1. The lowest BCUT2D eigenvalue weighted by molar-refractivity contribution is -0.274. The number of aromatic nitrogens is 3. The first-order valence-corrected chi connectivity index (χ1v) is 13.2. The lowest BCUT2D eigenvalue weighted by atomic mass is 10.1. The van der Waals surface area contributed by atoms with Crippen molar-refractivity contribution in [1.82, 2.24) is 20.1 Å². The Morgan fingerprint density at radius 2 is 1.95 bits per heavy atom. The van der Waals surface area contributed by atoms with Crippen molar-refractivity contribution in [3.8, 4) is 11.4 Å². The van der Waals surface area contributed by atoms with Crippen LogP contribution in [0.4, 0.5) is 23.7 Å². The lowest BCUT2D eigenvalue weighted by Gasteiger charge is -2.18. The number of benzene rings is 2. The predicted octanol–water partition coefficient (Wildman–Crippen LogP) is 5.84. The first-order valence-electron chi connectivity index (χ1n) is 12.2. The van der Waals surface area contributed by atoms with Crippen LogP contribution in [-0.4, -0.2) is 50.5 Å². The Balaban J connectivity index is 1.42. The van der Waals surface area contributed by atoms with E-state index in [9.17, 15) is 22.8 Å². The van der Waals surface area contributed by atoms with Crippen molar-refractivity contribution in [3.63, 3.8) is 0 Å². The molecule has 0 unspecified atom stereocenters. The highest BCUT2D eigenvalue weighted by atomic mass is 32.2. The van der Waals surface area contributed by atoms with Crippen LogP contribution in [0.1, 0.15) is 18.3 Å². The van der Waals surface area contributed by atoms with Crippen LogP contribution in [0.3, 0.4) is 0 Å². The van der Waals surface area contributed by atoms with E-state index >= 15 is 0 Å². The van der Waals surface area contributed by atoms with E-state index in [4.69, 9.17) is 0 Å². The molecule has 1 aliphatic heterocycles. The SMILES string of the molecule is C=C(/C=C(\C=C/C)CNC(=O)N=C1SCC(=O)N1c1ccccc1C)c1ncn(-c2ccc(OC(F)(F)F)cc2)n1. The summed E-state index contributed by atoms with van der Waals surface area (Å²) in [6, 6.07) is 11.9. The van der Waals surface area contributed by atoms with Gasteiger partial charge in [0, 0.05) is 12.1 Å². The molecular formula is C28H25F3N6O3S. The maximum absolute atomic E-state index is 12.7.